The third kappa shape index (κ3) is 2.18. The second kappa shape index (κ2) is 4.37. The second-order valence-electron chi connectivity index (χ2n) is 3.80. The zero-order valence-corrected chi connectivity index (χ0v) is 9.38. The molecule has 0 unspecified atom stereocenters. The van der Waals surface area contributed by atoms with Gasteiger partial charge in [-0.3, -0.25) is 9.59 Å². The molecule has 5 heteroatoms. The van der Waals surface area contributed by atoms with Gasteiger partial charge in [-0.15, -0.1) is 0 Å². The Kier molecular flexibility index (Phi) is 2.91. The van der Waals surface area contributed by atoms with Crippen LogP contribution in [0.1, 0.15) is 12.1 Å². The number of nitrogens with zero attached hydrogens (tertiary/aromatic N) is 2. The van der Waals surface area contributed by atoms with E-state index in [4.69, 9.17) is 5.11 Å². The summed E-state index contributed by atoms with van der Waals surface area (Å²) in [6, 6.07) is 7.19. The molecule has 0 bridgehead atoms. The van der Waals surface area contributed by atoms with Crippen molar-refractivity contribution in [3.63, 3.8) is 0 Å². The van der Waals surface area contributed by atoms with E-state index in [1.165, 1.54) is 4.68 Å². The maximum atomic E-state index is 12.0. The maximum Gasteiger partial charge on any atom is 0.305 e. The van der Waals surface area contributed by atoms with Gasteiger partial charge in [0.1, 0.15) is 0 Å². The summed E-state index contributed by atoms with van der Waals surface area (Å²) in [5.74, 6) is -0.940. The summed E-state index contributed by atoms with van der Waals surface area (Å²) in [5, 5.41) is 14.1. The molecule has 5 nitrogen and oxygen atoms in total. The van der Waals surface area contributed by atoms with E-state index in [0.717, 1.165) is 11.1 Å². The van der Waals surface area contributed by atoms with Crippen LogP contribution in [0.3, 0.4) is 0 Å². The summed E-state index contributed by atoms with van der Waals surface area (Å²) in [7, 11) is 0. The fourth-order valence-electron chi connectivity index (χ4n) is 1.76. The lowest BCUT2D eigenvalue weighted by Gasteiger charge is -2.07. The summed E-state index contributed by atoms with van der Waals surface area (Å²) in [6.07, 6.45) is -0.106. The molecule has 0 aliphatic heterocycles. The highest BCUT2D eigenvalue weighted by Crippen LogP contribution is 2.11. The van der Waals surface area contributed by atoms with E-state index in [-0.39, 0.29) is 18.5 Å². The smallest absolute Gasteiger partial charge is 0.305 e. The quantitative estimate of drug-likeness (QED) is 0.862. The van der Waals surface area contributed by atoms with Crippen LogP contribution >= 0.6 is 0 Å². The van der Waals surface area contributed by atoms with Crippen molar-refractivity contribution >= 4 is 16.7 Å². The molecule has 0 saturated heterocycles. The first-order valence-corrected chi connectivity index (χ1v) is 5.28. The van der Waals surface area contributed by atoms with Crippen LogP contribution in [0.25, 0.3) is 10.8 Å². The van der Waals surface area contributed by atoms with Crippen molar-refractivity contribution in [2.24, 2.45) is 0 Å². The largest absolute Gasteiger partial charge is 0.481 e. The van der Waals surface area contributed by atoms with Crippen LogP contribution in [0.2, 0.25) is 0 Å². The van der Waals surface area contributed by atoms with Crippen molar-refractivity contribution < 1.29 is 9.90 Å². The number of aryl methyl sites for hydroxylation is 2. The fourth-order valence-corrected chi connectivity index (χ4v) is 1.76. The number of aliphatic carboxylic acids is 1. The predicted octanol–water partition coefficient (Wildman–Crippen LogP) is 1.18. The van der Waals surface area contributed by atoms with Gasteiger partial charge in [0, 0.05) is 5.39 Å². The third-order valence-corrected chi connectivity index (χ3v) is 2.59. The van der Waals surface area contributed by atoms with E-state index < -0.39 is 5.97 Å². The van der Waals surface area contributed by atoms with Gasteiger partial charge >= 0.3 is 5.97 Å². The molecular weight excluding hydrogens is 220 g/mol. The molecule has 0 atom stereocenters. The van der Waals surface area contributed by atoms with Crippen LogP contribution in [-0.4, -0.2) is 20.9 Å². The van der Waals surface area contributed by atoms with Gasteiger partial charge in [-0.2, -0.15) is 5.10 Å². The number of carboxylic acid groups (broad SMARTS) is 1. The average Bonchev–Trinajstić information content (AvgIpc) is 2.32. The molecule has 1 aromatic carbocycles. The molecule has 17 heavy (non-hydrogen) atoms. The van der Waals surface area contributed by atoms with Gasteiger partial charge in [-0.05, 0) is 13.0 Å². The molecule has 0 aliphatic rings. The molecule has 1 N–H and O–H groups in total. The Morgan fingerprint density at radius 2 is 2.00 bits per heavy atom. The monoisotopic (exact) mass is 232 g/mol. The zero-order chi connectivity index (χ0) is 12.4. The summed E-state index contributed by atoms with van der Waals surface area (Å²) >= 11 is 0. The van der Waals surface area contributed by atoms with Gasteiger partial charge in [0.25, 0.3) is 5.56 Å². The van der Waals surface area contributed by atoms with E-state index in [2.05, 4.69) is 5.10 Å². The minimum atomic E-state index is -0.940. The van der Waals surface area contributed by atoms with E-state index in [0.29, 0.717) is 5.39 Å². The SMILES string of the molecule is Cc1nn(CCC(=O)O)c(=O)c2ccccc12. The third-order valence-electron chi connectivity index (χ3n) is 2.59. The number of hydrogen-bond donors (Lipinski definition) is 1. The zero-order valence-electron chi connectivity index (χ0n) is 9.38. The number of hydrogen-bond acceptors (Lipinski definition) is 3. The standard InChI is InChI=1S/C12H12N2O3/c1-8-9-4-2-3-5-10(9)12(17)14(13-8)7-6-11(15)16/h2-5H,6-7H2,1H3,(H,15,16). The highest BCUT2D eigenvalue weighted by molar-refractivity contribution is 5.83. The molecule has 0 amide bonds. The van der Waals surface area contributed by atoms with Crippen molar-refractivity contribution in [3.8, 4) is 0 Å². The lowest BCUT2D eigenvalue weighted by atomic mass is 10.1. The van der Waals surface area contributed by atoms with Gasteiger partial charge in [0.15, 0.2) is 0 Å². The van der Waals surface area contributed by atoms with Crippen LogP contribution in [0.4, 0.5) is 0 Å². The fraction of sp³-hybridized carbons (Fsp3) is 0.250. The highest BCUT2D eigenvalue weighted by atomic mass is 16.4. The molecule has 0 aliphatic carbocycles. The Labute approximate surface area is 97.3 Å². The predicted molar refractivity (Wildman–Crippen MR) is 63.0 cm³/mol. The van der Waals surface area contributed by atoms with E-state index >= 15 is 0 Å². The number of carboxylic acids is 1. The molecule has 0 saturated carbocycles. The first kappa shape index (κ1) is 11.3. The Hall–Kier alpha value is -2.17. The average molecular weight is 232 g/mol. The number of aromatic nitrogens is 2. The molecule has 0 spiro atoms. The summed E-state index contributed by atoms with van der Waals surface area (Å²) in [4.78, 5) is 22.5. The van der Waals surface area contributed by atoms with Crippen molar-refractivity contribution in [3.05, 3.63) is 40.3 Å². The van der Waals surface area contributed by atoms with Crippen LogP contribution < -0.4 is 5.56 Å². The normalized spacial score (nSPS) is 10.6. The van der Waals surface area contributed by atoms with Gasteiger partial charge < -0.3 is 5.11 Å². The minimum Gasteiger partial charge on any atom is -0.481 e. The second-order valence-corrected chi connectivity index (χ2v) is 3.80. The van der Waals surface area contributed by atoms with E-state index in [9.17, 15) is 9.59 Å². The van der Waals surface area contributed by atoms with E-state index in [1.54, 1.807) is 19.1 Å². The van der Waals surface area contributed by atoms with Crippen molar-refractivity contribution in [2.75, 3.05) is 0 Å². The molecule has 2 rings (SSSR count). The number of carbonyl (C=O) groups is 1. The number of rotatable bonds is 3. The van der Waals surface area contributed by atoms with Crippen LogP contribution in [-0.2, 0) is 11.3 Å². The number of fused-ring (bicyclic) bond motifs is 1. The van der Waals surface area contributed by atoms with Gasteiger partial charge in [0.05, 0.1) is 24.0 Å². The van der Waals surface area contributed by atoms with E-state index in [1.807, 2.05) is 12.1 Å². The first-order valence-electron chi connectivity index (χ1n) is 5.28. The first-order chi connectivity index (χ1) is 8.09. The topological polar surface area (TPSA) is 72.2 Å². The Morgan fingerprint density at radius 3 is 2.65 bits per heavy atom. The van der Waals surface area contributed by atoms with Crippen molar-refractivity contribution in [1.29, 1.82) is 0 Å². The maximum absolute atomic E-state index is 12.0. The van der Waals surface area contributed by atoms with Crippen LogP contribution in [0, 0.1) is 6.92 Å². The van der Waals surface area contributed by atoms with Gasteiger partial charge in [0.2, 0.25) is 0 Å². The molecule has 1 aromatic heterocycles. The highest BCUT2D eigenvalue weighted by Gasteiger charge is 2.08. The van der Waals surface area contributed by atoms with Gasteiger partial charge in [-0.1, -0.05) is 18.2 Å². The molecular formula is C12H12N2O3. The molecule has 88 valence electrons. The lowest BCUT2D eigenvalue weighted by molar-refractivity contribution is -0.137. The molecule has 1 heterocycles. The Morgan fingerprint density at radius 1 is 1.35 bits per heavy atom. The Balaban J connectivity index is 2.55. The number of benzene rings is 1. The molecule has 0 radical (unpaired) electrons. The minimum absolute atomic E-state index is 0.0971. The Bertz CT molecular complexity index is 631. The van der Waals surface area contributed by atoms with Crippen LogP contribution in [0.15, 0.2) is 29.1 Å². The molecule has 0 fully saturated rings. The summed E-state index contributed by atoms with van der Waals surface area (Å²) in [6.45, 7) is 1.90. The molecule has 2 aromatic rings. The lowest BCUT2D eigenvalue weighted by Crippen LogP contribution is -2.25. The summed E-state index contributed by atoms with van der Waals surface area (Å²) < 4.78 is 1.21. The van der Waals surface area contributed by atoms with Gasteiger partial charge in [-0.25, -0.2) is 4.68 Å². The summed E-state index contributed by atoms with van der Waals surface area (Å²) in [5.41, 5.74) is 0.484. The van der Waals surface area contributed by atoms with Crippen LogP contribution in [0.5, 0.6) is 0 Å². The van der Waals surface area contributed by atoms with Crippen molar-refractivity contribution in [2.45, 2.75) is 19.9 Å². The van der Waals surface area contributed by atoms with Crippen molar-refractivity contribution in [1.82, 2.24) is 9.78 Å².